The number of nitrogens with one attached hydrogen (secondary N) is 2. The van der Waals surface area contributed by atoms with Gasteiger partial charge < -0.3 is 11.1 Å². The summed E-state index contributed by atoms with van der Waals surface area (Å²) in [7, 11) is 0. The Bertz CT molecular complexity index is 210. The Kier molecular flexibility index (Phi) is 4.26. The summed E-state index contributed by atoms with van der Waals surface area (Å²) in [5, 5.41) is 9.48. The number of hydrogen-bond acceptors (Lipinski definition) is 3. The van der Waals surface area contributed by atoms with Crippen molar-refractivity contribution in [3.05, 3.63) is 0 Å². The second kappa shape index (κ2) is 4.50. The molecule has 0 aliphatic rings. The van der Waals surface area contributed by atoms with Crippen LogP contribution in [0.3, 0.4) is 0 Å². The SMILES string of the molecule is CC(SC(=N)N)C(=O)NC(C)(C)C. The number of carbonyl (C=O) groups is 1. The second-order valence-corrected chi connectivity index (χ2v) is 5.25. The van der Waals surface area contributed by atoms with E-state index in [4.69, 9.17) is 11.1 Å². The van der Waals surface area contributed by atoms with Gasteiger partial charge in [0.25, 0.3) is 0 Å². The summed E-state index contributed by atoms with van der Waals surface area (Å²) in [6.45, 7) is 7.47. The summed E-state index contributed by atoms with van der Waals surface area (Å²) in [6, 6.07) is 0. The predicted molar refractivity (Wildman–Crippen MR) is 56.9 cm³/mol. The fourth-order valence-corrected chi connectivity index (χ4v) is 1.26. The zero-order valence-electron chi connectivity index (χ0n) is 8.47. The third-order valence-electron chi connectivity index (χ3n) is 1.17. The van der Waals surface area contributed by atoms with Gasteiger partial charge >= 0.3 is 0 Å². The Labute approximate surface area is 83.2 Å². The van der Waals surface area contributed by atoms with Gasteiger partial charge in [0.15, 0.2) is 5.17 Å². The monoisotopic (exact) mass is 203 g/mol. The first kappa shape index (κ1) is 12.3. The lowest BCUT2D eigenvalue weighted by atomic mass is 10.1. The second-order valence-electron chi connectivity index (χ2n) is 3.86. The van der Waals surface area contributed by atoms with Gasteiger partial charge in [-0.15, -0.1) is 0 Å². The van der Waals surface area contributed by atoms with Crippen LogP contribution in [-0.4, -0.2) is 21.9 Å². The van der Waals surface area contributed by atoms with Gasteiger partial charge in [0, 0.05) is 5.54 Å². The van der Waals surface area contributed by atoms with Crippen molar-refractivity contribution in [1.82, 2.24) is 5.32 Å². The van der Waals surface area contributed by atoms with E-state index in [-0.39, 0.29) is 21.9 Å². The zero-order valence-corrected chi connectivity index (χ0v) is 9.29. The van der Waals surface area contributed by atoms with E-state index in [1.54, 1.807) is 6.92 Å². The lowest BCUT2D eigenvalue weighted by Crippen LogP contribution is -2.44. The molecule has 0 heterocycles. The number of nitrogens with two attached hydrogens (primary N) is 1. The summed E-state index contributed by atoms with van der Waals surface area (Å²) in [5.74, 6) is -0.0901. The predicted octanol–water partition coefficient (Wildman–Crippen LogP) is 0.916. The number of amides is 1. The van der Waals surface area contributed by atoms with Crippen LogP contribution in [-0.2, 0) is 4.79 Å². The van der Waals surface area contributed by atoms with E-state index in [1.165, 1.54) is 0 Å². The van der Waals surface area contributed by atoms with E-state index in [1.807, 2.05) is 20.8 Å². The van der Waals surface area contributed by atoms with E-state index < -0.39 is 0 Å². The largest absolute Gasteiger partial charge is 0.379 e. The molecule has 13 heavy (non-hydrogen) atoms. The molecule has 0 fully saturated rings. The van der Waals surface area contributed by atoms with Gasteiger partial charge in [-0.1, -0.05) is 11.8 Å². The number of amidine groups is 1. The van der Waals surface area contributed by atoms with Crippen molar-refractivity contribution in [3.8, 4) is 0 Å². The van der Waals surface area contributed by atoms with Crippen LogP contribution in [0.2, 0.25) is 0 Å². The fraction of sp³-hybridized carbons (Fsp3) is 0.750. The van der Waals surface area contributed by atoms with Gasteiger partial charge in [0.05, 0.1) is 5.25 Å². The molecule has 4 nitrogen and oxygen atoms in total. The third kappa shape index (κ3) is 6.45. The van der Waals surface area contributed by atoms with E-state index in [0.717, 1.165) is 11.8 Å². The van der Waals surface area contributed by atoms with E-state index >= 15 is 0 Å². The van der Waals surface area contributed by atoms with Gasteiger partial charge in [-0.05, 0) is 27.7 Å². The van der Waals surface area contributed by atoms with Crippen molar-refractivity contribution in [2.24, 2.45) is 5.73 Å². The summed E-state index contributed by atoms with van der Waals surface area (Å²) < 4.78 is 0. The van der Waals surface area contributed by atoms with Crippen LogP contribution in [0.1, 0.15) is 27.7 Å². The maximum Gasteiger partial charge on any atom is 0.233 e. The van der Waals surface area contributed by atoms with Crippen molar-refractivity contribution in [3.63, 3.8) is 0 Å². The molecule has 0 radical (unpaired) electrons. The standard InChI is InChI=1S/C8H17N3OS/c1-5(13-7(9)10)6(12)11-8(2,3)4/h5H,1-4H3,(H3,9,10)(H,11,12). The minimum absolute atomic E-state index is 0.0310. The molecule has 4 N–H and O–H groups in total. The molecule has 0 aromatic rings. The Morgan fingerprint density at radius 1 is 1.54 bits per heavy atom. The molecular formula is C8H17N3OS. The summed E-state index contributed by atoms with van der Waals surface area (Å²) in [4.78, 5) is 11.4. The lowest BCUT2D eigenvalue weighted by Gasteiger charge is -2.22. The van der Waals surface area contributed by atoms with Crippen LogP contribution in [0.15, 0.2) is 0 Å². The highest BCUT2D eigenvalue weighted by molar-refractivity contribution is 8.14. The van der Waals surface area contributed by atoms with Crippen LogP contribution in [0.5, 0.6) is 0 Å². The van der Waals surface area contributed by atoms with Crippen molar-refractivity contribution in [2.45, 2.75) is 38.5 Å². The first-order valence-electron chi connectivity index (χ1n) is 4.05. The topological polar surface area (TPSA) is 79.0 Å². The molecule has 0 aromatic carbocycles. The van der Waals surface area contributed by atoms with Gasteiger partial charge in [0.2, 0.25) is 5.91 Å². The highest BCUT2D eigenvalue weighted by Crippen LogP contribution is 2.10. The first-order chi connectivity index (χ1) is 5.72. The highest BCUT2D eigenvalue weighted by atomic mass is 32.2. The normalized spacial score (nSPS) is 13.5. The third-order valence-corrected chi connectivity index (χ3v) is 1.99. The molecule has 0 saturated heterocycles. The molecule has 1 amide bonds. The molecule has 0 spiro atoms. The van der Waals surface area contributed by atoms with Crippen molar-refractivity contribution in [1.29, 1.82) is 5.41 Å². The maximum atomic E-state index is 11.4. The minimum Gasteiger partial charge on any atom is -0.379 e. The summed E-state index contributed by atoms with van der Waals surface area (Å²) in [5.41, 5.74) is 4.93. The smallest absolute Gasteiger partial charge is 0.233 e. The molecule has 76 valence electrons. The zero-order chi connectivity index (χ0) is 10.6. The van der Waals surface area contributed by atoms with Gasteiger partial charge in [-0.25, -0.2) is 0 Å². The number of hydrogen-bond donors (Lipinski definition) is 3. The van der Waals surface area contributed by atoms with Crippen molar-refractivity contribution >= 4 is 22.8 Å². The average Bonchev–Trinajstić information content (AvgIpc) is 1.81. The molecular weight excluding hydrogens is 186 g/mol. The highest BCUT2D eigenvalue weighted by Gasteiger charge is 2.19. The molecule has 1 unspecified atom stereocenters. The van der Waals surface area contributed by atoms with Crippen molar-refractivity contribution < 1.29 is 4.79 Å². The molecule has 1 atom stereocenters. The fourth-order valence-electron chi connectivity index (χ4n) is 0.715. The minimum atomic E-state index is -0.309. The molecule has 0 aromatic heterocycles. The van der Waals surface area contributed by atoms with Crippen molar-refractivity contribution in [2.75, 3.05) is 0 Å². The quantitative estimate of drug-likeness (QED) is 0.461. The maximum absolute atomic E-state index is 11.4. The van der Waals surface area contributed by atoms with Crippen LogP contribution in [0, 0.1) is 5.41 Å². The van der Waals surface area contributed by atoms with E-state index in [2.05, 4.69) is 5.32 Å². The number of rotatable bonds is 2. The number of thioether (sulfide) groups is 1. The van der Waals surface area contributed by atoms with Gasteiger partial charge in [0.1, 0.15) is 0 Å². The van der Waals surface area contributed by atoms with Gasteiger partial charge in [-0.3, -0.25) is 10.2 Å². The molecule has 0 aliphatic carbocycles. The first-order valence-corrected chi connectivity index (χ1v) is 4.93. The summed E-state index contributed by atoms with van der Waals surface area (Å²) >= 11 is 1.05. The Balaban J connectivity index is 4.05. The average molecular weight is 203 g/mol. The Morgan fingerprint density at radius 2 is 2.00 bits per heavy atom. The molecule has 0 saturated carbocycles. The van der Waals surface area contributed by atoms with Crippen LogP contribution < -0.4 is 11.1 Å². The van der Waals surface area contributed by atoms with E-state index in [9.17, 15) is 4.79 Å². The molecule has 0 bridgehead atoms. The van der Waals surface area contributed by atoms with Crippen LogP contribution >= 0.6 is 11.8 Å². The van der Waals surface area contributed by atoms with Crippen LogP contribution in [0.25, 0.3) is 0 Å². The Morgan fingerprint density at radius 3 is 2.31 bits per heavy atom. The Hall–Kier alpha value is -0.710. The molecule has 0 aliphatic heterocycles. The van der Waals surface area contributed by atoms with Gasteiger partial charge in [-0.2, -0.15) is 0 Å². The number of carbonyl (C=O) groups excluding carboxylic acids is 1. The molecule has 5 heteroatoms. The van der Waals surface area contributed by atoms with E-state index in [0.29, 0.717) is 0 Å². The summed E-state index contributed by atoms with van der Waals surface area (Å²) in [6.07, 6.45) is 0. The van der Waals surface area contributed by atoms with Crippen LogP contribution in [0.4, 0.5) is 0 Å². The lowest BCUT2D eigenvalue weighted by molar-refractivity contribution is -0.121. The molecule has 0 rings (SSSR count).